The summed E-state index contributed by atoms with van der Waals surface area (Å²) in [6.45, 7) is 0. The van der Waals surface area contributed by atoms with E-state index in [9.17, 15) is 0 Å². The molecule has 264 valence electrons. The van der Waals surface area contributed by atoms with Crippen LogP contribution in [0.1, 0.15) is 23.2 Å². The van der Waals surface area contributed by atoms with Crippen LogP contribution < -0.4 is 10.6 Å². The number of fused-ring (bicyclic) bond motifs is 10. The van der Waals surface area contributed by atoms with Crippen molar-refractivity contribution in [3.8, 4) is 11.4 Å². The second-order valence-electron chi connectivity index (χ2n) is 15.1. The van der Waals surface area contributed by atoms with Crippen molar-refractivity contribution in [2.75, 3.05) is 10.6 Å². The summed E-state index contributed by atoms with van der Waals surface area (Å²) in [6.07, 6.45) is 0. The minimum Gasteiger partial charge on any atom is -0.374 e. The summed E-state index contributed by atoms with van der Waals surface area (Å²) in [5, 5.41) is 17.9. The Morgan fingerprint density at radius 3 is 1.70 bits per heavy atom. The number of rotatable bonds is 4. The lowest BCUT2D eigenvalue weighted by atomic mass is 9.89. The van der Waals surface area contributed by atoms with E-state index >= 15 is 0 Å². The third kappa shape index (κ3) is 4.66. The molecule has 4 heteroatoms. The number of nitrogens with one attached hydrogen (secondary N) is 2. The van der Waals surface area contributed by atoms with E-state index in [1.54, 1.807) is 0 Å². The Kier molecular flexibility index (Phi) is 6.72. The van der Waals surface area contributed by atoms with Crippen molar-refractivity contribution in [1.29, 1.82) is 0 Å². The van der Waals surface area contributed by atoms with Crippen molar-refractivity contribution in [3.63, 3.8) is 0 Å². The van der Waals surface area contributed by atoms with Crippen LogP contribution in [0.3, 0.4) is 0 Å². The summed E-state index contributed by atoms with van der Waals surface area (Å²) in [7, 11) is 0. The van der Waals surface area contributed by atoms with Crippen LogP contribution in [0.15, 0.2) is 194 Å². The second kappa shape index (κ2) is 12.1. The van der Waals surface area contributed by atoms with Gasteiger partial charge in [-0.15, -0.1) is 0 Å². The Morgan fingerprint density at radius 1 is 0.321 bits per heavy atom. The fourth-order valence-corrected chi connectivity index (χ4v) is 9.40. The van der Waals surface area contributed by atoms with Gasteiger partial charge in [0.15, 0.2) is 0 Å². The van der Waals surface area contributed by atoms with Crippen LogP contribution in [0.5, 0.6) is 0 Å². The molecule has 2 aromatic heterocycles. The van der Waals surface area contributed by atoms with E-state index in [2.05, 4.69) is 214 Å². The lowest BCUT2D eigenvalue weighted by Gasteiger charge is -2.37. The fourth-order valence-electron chi connectivity index (χ4n) is 9.40. The maximum absolute atomic E-state index is 3.92. The van der Waals surface area contributed by atoms with Gasteiger partial charge in [0.05, 0.1) is 45.5 Å². The molecule has 2 unspecified atom stereocenters. The zero-order valence-corrected chi connectivity index (χ0v) is 30.5. The summed E-state index contributed by atoms with van der Waals surface area (Å²) >= 11 is 0. The Labute approximate surface area is 323 Å². The molecular weight excluding hydrogens is 681 g/mol. The van der Waals surface area contributed by atoms with Crippen LogP contribution in [0.2, 0.25) is 0 Å². The molecule has 12 rings (SSSR count). The highest BCUT2D eigenvalue weighted by atomic mass is 15.1. The number of hydrogen-bond donors (Lipinski definition) is 2. The molecule has 3 heterocycles. The zero-order valence-electron chi connectivity index (χ0n) is 30.5. The van der Waals surface area contributed by atoms with Crippen LogP contribution in [-0.4, -0.2) is 9.13 Å². The number of aromatic nitrogens is 2. The molecule has 0 spiro atoms. The van der Waals surface area contributed by atoms with Gasteiger partial charge in [-0.3, -0.25) is 0 Å². The van der Waals surface area contributed by atoms with Crippen molar-refractivity contribution in [3.05, 3.63) is 205 Å². The zero-order chi connectivity index (χ0) is 36.7. The van der Waals surface area contributed by atoms with Crippen molar-refractivity contribution in [1.82, 2.24) is 9.13 Å². The molecule has 0 bridgehead atoms. The minimum absolute atomic E-state index is 0.0225. The average molecular weight is 717 g/mol. The van der Waals surface area contributed by atoms with Crippen LogP contribution >= 0.6 is 0 Å². The first-order valence-electron chi connectivity index (χ1n) is 19.4. The van der Waals surface area contributed by atoms with Gasteiger partial charge in [-0.25, -0.2) is 0 Å². The fraction of sp³-hybridized carbons (Fsp3) is 0.0385. The molecule has 4 nitrogen and oxygen atoms in total. The third-order valence-electron chi connectivity index (χ3n) is 12.0. The molecule has 0 saturated heterocycles. The second-order valence-corrected chi connectivity index (χ2v) is 15.1. The molecular formula is C52H36N4. The van der Waals surface area contributed by atoms with E-state index in [4.69, 9.17) is 0 Å². The molecule has 0 amide bonds. The first-order chi connectivity index (χ1) is 27.8. The maximum Gasteiger partial charge on any atom is 0.0758 e. The van der Waals surface area contributed by atoms with Crippen molar-refractivity contribution < 1.29 is 0 Å². The topological polar surface area (TPSA) is 33.9 Å². The first kappa shape index (κ1) is 31.1. The van der Waals surface area contributed by atoms with E-state index < -0.39 is 0 Å². The van der Waals surface area contributed by atoms with E-state index in [-0.39, 0.29) is 12.1 Å². The van der Waals surface area contributed by atoms with E-state index in [0.717, 1.165) is 22.7 Å². The summed E-state index contributed by atoms with van der Waals surface area (Å²) in [5.74, 6) is 0. The maximum atomic E-state index is 3.92. The van der Waals surface area contributed by atoms with Gasteiger partial charge in [0, 0.05) is 32.9 Å². The summed E-state index contributed by atoms with van der Waals surface area (Å²) in [6, 6.07) is 71.0. The van der Waals surface area contributed by atoms with E-state index in [1.165, 1.54) is 76.3 Å². The van der Waals surface area contributed by atoms with Gasteiger partial charge in [-0.1, -0.05) is 127 Å². The van der Waals surface area contributed by atoms with Gasteiger partial charge in [0.2, 0.25) is 0 Å². The van der Waals surface area contributed by atoms with Crippen LogP contribution in [0.4, 0.5) is 11.4 Å². The lowest BCUT2D eigenvalue weighted by molar-refractivity contribution is 0.637. The SMILES string of the molecule is c1ccc(-n2c3cc4c(cc3c3c5ccccc5ccc32)c2ccccc2n4-c2ccc(C3Nc4ccccc4NC3c3ccc4ccccc4c3)cc2)cc1. The van der Waals surface area contributed by atoms with Crippen LogP contribution in [0, 0.1) is 0 Å². The minimum atomic E-state index is 0.0225. The summed E-state index contributed by atoms with van der Waals surface area (Å²) < 4.78 is 4.88. The highest BCUT2D eigenvalue weighted by Gasteiger charge is 2.30. The van der Waals surface area contributed by atoms with Crippen molar-refractivity contribution in [2.45, 2.75) is 12.1 Å². The molecule has 2 N–H and O–H groups in total. The Hall–Kier alpha value is -7.30. The van der Waals surface area contributed by atoms with Crippen LogP contribution in [0.25, 0.3) is 76.5 Å². The van der Waals surface area contributed by atoms with Crippen molar-refractivity contribution in [2.24, 2.45) is 0 Å². The number of benzene rings is 9. The standard InChI is InChI=1S/C52H36N4/c1-2-15-38(16-3-1)56-47-29-26-34-13-6-7-17-40(34)50(47)43-31-42-41-18-8-11-21-46(41)55(48(42)32-49(43)56)39-27-24-35(25-28-39)51-52(54-45-20-10-9-19-44(45)53-51)37-23-22-33-12-4-5-14-36(33)30-37/h1-32,51-54H. The number of para-hydroxylation sites is 4. The highest BCUT2D eigenvalue weighted by molar-refractivity contribution is 6.25. The van der Waals surface area contributed by atoms with Gasteiger partial charge in [0.1, 0.15) is 0 Å². The van der Waals surface area contributed by atoms with Crippen molar-refractivity contribution >= 4 is 76.5 Å². The average Bonchev–Trinajstić information content (AvgIpc) is 3.77. The van der Waals surface area contributed by atoms with Gasteiger partial charge < -0.3 is 19.8 Å². The summed E-state index contributed by atoms with van der Waals surface area (Å²) in [5.41, 5.74) is 11.8. The smallest absolute Gasteiger partial charge is 0.0758 e. The Morgan fingerprint density at radius 2 is 0.893 bits per heavy atom. The van der Waals surface area contributed by atoms with Gasteiger partial charge in [-0.05, 0) is 99.4 Å². The number of hydrogen-bond acceptors (Lipinski definition) is 2. The molecule has 56 heavy (non-hydrogen) atoms. The number of anilines is 2. The van der Waals surface area contributed by atoms with E-state index in [1.807, 2.05) is 0 Å². The number of nitrogens with zero attached hydrogens (tertiary/aromatic N) is 2. The molecule has 0 aliphatic carbocycles. The molecule has 1 aliphatic heterocycles. The Balaban J connectivity index is 1.05. The highest BCUT2D eigenvalue weighted by Crippen LogP contribution is 2.45. The Bertz CT molecular complexity index is 3320. The predicted octanol–water partition coefficient (Wildman–Crippen LogP) is 13.5. The molecule has 0 saturated carbocycles. The molecule has 1 aliphatic rings. The molecule has 9 aromatic carbocycles. The van der Waals surface area contributed by atoms with Crippen LogP contribution in [-0.2, 0) is 0 Å². The summed E-state index contributed by atoms with van der Waals surface area (Å²) in [4.78, 5) is 0. The van der Waals surface area contributed by atoms with Gasteiger partial charge >= 0.3 is 0 Å². The first-order valence-corrected chi connectivity index (χ1v) is 19.4. The molecule has 0 fully saturated rings. The van der Waals surface area contributed by atoms with E-state index in [0.29, 0.717) is 0 Å². The molecule has 2 atom stereocenters. The molecule has 11 aromatic rings. The lowest BCUT2D eigenvalue weighted by Crippen LogP contribution is -2.30. The third-order valence-corrected chi connectivity index (χ3v) is 12.0. The largest absolute Gasteiger partial charge is 0.374 e. The normalized spacial score (nSPS) is 15.4. The van der Waals surface area contributed by atoms with Gasteiger partial charge in [0.25, 0.3) is 0 Å². The predicted molar refractivity (Wildman–Crippen MR) is 236 cm³/mol. The quantitative estimate of drug-likeness (QED) is 0.190. The molecule has 0 radical (unpaired) electrons. The monoisotopic (exact) mass is 716 g/mol. The van der Waals surface area contributed by atoms with Gasteiger partial charge in [-0.2, -0.15) is 0 Å².